The molecule has 1 atom stereocenters. The second-order valence-electron chi connectivity index (χ2n) is 3.67. The van der Waals surface area contributed by atoms with Gasteiger partial charge in [-0.1, -0.05) is 17.7 Å². The number of nitrogens with zero attached hydrogens (tertiary/aromatic N) is 1. The van der Waals surface area contributed by atoms with Gasteiger partial charge in [0.25, 0.3) is 5.91 Å². The molecule has 1 aromatic rings. The number of terminal acetylenes is 1. The number of amides is 1. The van der Waals surface area contributed by atoms with Gasteiger partial charge < -0.3 is 10.4 Å². The van der Waals surface area contributed by atoms with Crippen molar-refractivity contribution >= 4 is 29.2 Å². The number of hydrogen-bond donors (Lipinski definition) is 2. The Hall–Kier alpha value is -2.59. The molecule has 1 rings (SSSR count). The summed E-state index contributed by atoms with van der Waals surface area (Å²) in [5.41, 5.74) is -0.915. The largest absolute Gasteiger partial charge is 0.480 e. The lowest BCUT2D eigenvalue weighted by Gasteiger charge is -2.12. The van der Waals surface area contributed by atoms with Crippen LogP contribution in [0.3, 0.4) is 0 Å². The van der Waals surface area contributed by atoms with Crippen molar-refractivity contribution in [2.24, 2.45) is 0 Å². The highest BCUT2D eigenvalue weighted by atomic mass is 35.5. The maximum absolute atomic E-state index is 11.9. The molecule has 8 heteroatoms. The van der Waals surface area contributed by atoms with Gasteiger partial charge in [-0.05, 0) is 12.1 Å². The molecular formula is C12H9ClN2O5. The Morgan fingerprint density at radius 2 is 2.20 bits per heavy atom. The first-order valence-corrected chi connectivity index (χ1v) is 5.66. The molecule has 7 nitrogen and oxygen atoms in total. The van der Waals surface area contributed by atoms with Crippen molar-refractivity contribution in [1.29, 1.82) is 0 Å². The van der Waals surface area contributed by atoms with Crippen molar-refractivity contribution in [3.63, 3.8) is 0 Å². The average Bonchev–Trinajstić information content (AvgIpc) is 2.37. The van der Waals surface area contributed by atoms with Crippen LogP contribution in [-0.2, 0) is 4.79 Å². The maximum Gasteiger partial charge on any atom is 0.327 e. The third-order valence-electron chi connectivity index (χ3n) is 2.34. The molecule has 20 heavy (non-hydrogen) atoms. The molecule has 0 bridgehead atoms. The van der Waals surface area contributed by atoms with Gasteiger partial charge in [-0.15, -0.1) is 12.3 Å². The van der Waals surface area contributed by atoms with Crippen LogP contribution in [0.4, 0.5) is 5.69 Å². The van der Waals surface area contributed by atoms with Crippen LogP contribution in [0.5, 0.6) is 0 Å². The van der Waals surface area contributed by atoms with Crippen LogP contribution in [0, 0.1) is 22.5 Å². The number of nitro benzene ring substituents is 1. The lowest BCUT2D eigenvalue weighted by Crippen LogP contribution is -2.40. The molecule has 0 aliphatic heterocycles. The lowest BCUT2D eigenvalue weighted by molar-refractivity contribution is -0.385. The molecule has 0 spiro atoms. The van der Waals surface area contributed by atoms with E-state index in [2.05, 4.69) is 11.2 Å². The predicted octanol–water partition coefficient (Wildman–Crippen LogP) is 1.45. The number of carbonyl (C=O) groups is 2. The zero-order valence-electron chi connectivity index (χ0n) is 10.00. The fourth-order valence-corrected chi connectivity index (χ4v) is 1.68. The highest BCUT2D eigenvalue weighted by molar-refractivity contribution is 6.33. The Bertz CT molecular complexity index is 608. The van der Waals surface area contributed by atoms with Gasteiger partial charge in [0, 0.05) is 6.42 Å². The minimum atomic E-state index is -1.33. The SMILES string of the molecule is C#CCC(NC(=O)c1cccc(Cl)c1[N+](=O)[O-])C(=O)O. The number of carbonyl (C=O) groups excluding carboxylic acids is 1. The molecule has 0 fully saturated rings. The third kappa shape index (κ3) is 3.46. The van der Waals surface area contributed by atoms with Crippen molar-refractivity contribution in [2.45, 2.75) is 12.5 Å². The standard InChI is InChI=1S/C12H9ClN2O5/c1-2-4-9(12(17)18)14-11(16)7-5-3-6-8(13)10(7)15(19)20/h1,3,5-6,9H,4H2,(H,14,16)(H,17,18). The van der Waals surface area contributed by atoms with Crippen molar-refractivity contribution in [3.05, 3.63) is 38.9 Å². The number of aliphatic carboxylic acids is 1. The van der Waals surface area contributed by atoms with Gasteiger partial charge in [-0.3, -0.25) is 14.9 Å². The van der Waals surface area contributed by atoms with Gasteiger partial charge >= 0.3 is 11.7 Å². The number of rotatable bonds is 5. The Labute approximate surface area is 118 Å². The molecule has 0 aromatic heterocycles. The van der Waals surface area contributed by atoms with Gasteiger partial charge in [0.1, 0.15) is 16.6 Å². The third-order valence-corrected chi connectivity index (χ3v) is 2.64. The fraction of sp³-hybridized carbons (Fsp3) is 0.167. The van der Waals surface area contributed by atoms with Crippen LogP contribution in [0.25, 0.3) is 0 Å². The number of para-hydroxylation sites is 1. The van der Waals surface area contributed by atoms with Crippen molar-refractivity contribution in [2.75, 3.05) is 0 Å². The van der Waals surface area contributed by atoms with Crippen LogP contribution < -0.4 is 5.32 Å². The number of benzene rings is 1. The van der Waals surface area contributed by atoms with E-state index >= 15 is 0 Å². The first-order chi connectivity index (χ1) is 9.38. The van der Waals surface area contributed by atoms with E-state index in [1.165, 1.54) is 18.2 Å². The Balaban J connectivity index is 3.10. The van der Waals surface area contributed by atoms with E-state index in [9.17, 15) is 19.7 Å². The first kappa shape index (κ1) is 15.5. The van der Waals surface area contributed by atoms with E-state index in [0.29, 0.717) is 0 Å². The van der Waals surface area contributed by atoms with Crippen LogP contribution in [-0.4, -0.2) is 27.9 Å². The zero-order chi connectivity index (χ0) is 15.3. The zero-order valence-corrected chi connectivity index (χ0v) is 10.8. The first-order valence-electron chi connectivity index (χ1n) is 5.28. The van der Waals surface area contributed by atoms with Gasteiger partial charge in [0.2, 0.25) is 0 Å². The number of nitrogens with one attached hydrogen (secondary N) is 1. The van der Waals surface area contributed by atoms with Gasteiger partial charge in [-0.25, -0.2) is 4.79 Å². The predicted molar refractivity (Wildman–Crippen MR) is 70.4 cm³/mol. The molecule has 1 aromatic carbocycles. The summed E-state index contributed by atoms with van der Waals surface area (Å²) in [4.78, 5) is 32.9. The number of halogens is 1. The smallest absolute Gasteiger partial charge is 0.327 e. The molecule has 0 radical (unpaired) electrons. The fourth-order valence-electron chi connectivity index (χ4n) is 1.44. The lowest BCUT2D eigenvalue weighted by atomic mass is 10.1. The Kier molecular flexibility index (Phi) is 5.06. The highest BCUT2D eigenvalue weighted by Gasteiger charge is 2.27. The van der Waals surface area contributed by atoms with Gasteiger partial charge in [0.05, 0.1) is 4.92 Å². The van der Waals surface area contributed by atoms with E-state index in [1.54, 1.807) is 0 Å². The van der Waals surface area contributed by atoms with Crippen molar-refractivity contribution < 1.29 is 19.6 Å². The summed E-state index contributed by atoms with van der Waals surface area (Å²) in [6, 6.07) is 2.45. The van der Waals surface area contributed by atoms with E-state index in [0.717, 1.165) is 0 Å². The van der Waals surface area contributed by atoms with Crippen molar-refractivity contribution in [3.8, 4) is 12.3 Å². The molecule has 2 N–H and O–H groups in total. The second kappa shape index (κ2) is 6.54. The summed E-state index contributed by atoms with van der Waals surface area (Å²) in [5.74, 6) is -0.162. The summed E-state index contributed by atoms with van der Waals surface area (Å²) in [5, 5.41) is 21.6. The van der Waals surface area contributed by atoms with Crippen molar-refractivity contribution in [1.82, 2.24) is 5.32 Å². The van der Waals surface area contributed by atoms with Crippen LogP contribution in [0.15, 0.2) is 18.2 Å². The summed E-state index contributed by atoms with van der Waals surface area (Å²) in [7, 11) is 0. The molecular weight excluding hydrogens is 288 g/mol. The molecule has 0 heterocycles. The molecule has 0 saturated carbocycles. The van der Waals surface area contributed by atoms with E-state index in [-0.39, 0.29) is 17.0 Å². The highest BCUT2D eigenvalue weighted by Crippen LogP contribution is 2.28. The van der Waals surface area contributed by atoms with Crippen LogP contribution in [0.1, 0.15) is 16.8 Å². The summed E-state index contributed by atoms with van der Waals surface area (Å²) in [6.07, 6.45) is 4.75. The van der Waals surface area contributed by atoms with Crippen LogP contribution in [0.2, 0.25) is 5.02 Å². The summed E-state index contributed by atoms with van der Waals surface area (Å²) < 4.78 is 0. The number of hydrogen-bond acceptors (Lipinski definition) is 4. The minimum Gasteiger partial charge on any atom is -0.480 e. The minimum absolute atomic E-state index is 0.216. The monoisotopic (exact) mass is 296 g/mol. The van der Waals surface area contributed by atoms with E-state index in [4.69, 9.17) is 23.1 Å². The summed E-state index contributed by atoms with van der Waals surface area (Å²) >= 11 is 5.66. The van der Waals surface area contributed by atoms with E-state index in [1.807, 2.05) is 0 Å². The molecule has 0 aliphatic rings. The number of carboxylic acids is 1. The van der Waals surface area contributed by atoms with E-state index < -0.39 is 28.5 Å². The molecule has 1 amide bonds. The summed E-state index contributed by atoms with van der Waals surface area (Å²) in [6.45, 7) is 0. The van der Waals surface area contributed by atoms with Gasteiger partial charge in [-0.2, -0.15) is 0 Å². The topological polar surface area (TPSA) is 110 Å². The molecule has 104 valence electrons. The molecule has 0 aliphatic carbocycles. The van der Waals surface area contributed by atoms with Gasteiger partial charge in [0.15, 0.2) is 0 Å². The Morgan fingerprint density at radius 1 is 1.55 bits per heavy atom. The molecule has 0 saturated heterocycles. The average molecular weight is 297 g/mol. The normalized spacial score (nSPS) is 11.2. The number of carboxylic acid groups (broad SMARTS) is 1. The second-order valence-corrected chi connectivity index (χ2v) is 4.07. The molecule has 1 unspecified atom stereocenters. The quantitative estimate of drug-likeness (QED) is 0.485. The number of nitro groups is 1. The maximum atomic E-state index is 11.9. The Morgan fingerprint density at radius 3 is 2.70 bits per heavy atom. The van der Waals surface area contributed by atoms with Crippen LogP contribution >= 0.6 is 11.6 Å².